The van der Waals surface area contributed by atoms with E-state index in [0.29, 0.717) is 26.7 Å². The first-order valence-electron chi connectivity index (χ1n) is 7.00. The van der Waals surface area contributed by atoms with Crippen LogP contribution in [-0.4, -0.2) is 11.6 Å². The molecule has 1 N–H and O–H groups in total. The monoisotopic (exact) mass is 460 g/mol. The number of halogens is 3. The van der Waals surface area contributed by atoms with Crippen molar-refractivity contribution < 1.29 is 4.79 Å². The highest BCUT2D eigenvalue weighted by Gasteiger charge is 2.19. The van der Waals surface area contributed by atoms with Gasteiger partial charge in [-0.2, -0.15) is 5.10 Å². The van der Waals surface area contributed by atoms with Crippen LogP contribution in [0.5, 0.6) is 0 Å². The molecule has 1 amide bonds. The number of fused-ring (bicyclic) bond motifs is 1. The molecule has 0 saturated heterocycles. The molecule has 0 atom stereocenters. The number of hydrogen-bond donors (Lipinski definition) is 1. The van der Waals surface area contributed by atoms with Gasteiger partial charge in [0.1, 0.15) is 4.88 Å². The van der Waals surface area contributed by atoms with Crippen molar-refractivity contribution in [1.29, 1.82) is 0 Å². The normalized spacial score (nSPS) is 11.9. The van der Waals surface area contributed by atoms with E-state index in [4.69, 9.17) is 23.2 Å². The molecule has 2 heterocycles. The molecule has 0 aliphatic carbocycles. The number of nitrogens with zero attached hydrogens (tertiary/aromatic N) is 1. The molecule has 3 nitrogen and oxygen atoms in total. The van der Waals surface area contributed by atoms with Crippen molar-refractivity contribution >= 4 is 83.5 Å². The van der Waals surface area contributed by atoms with Gasteiger partial charge in [0.2, 0.25) is 0 Å². The molecule has 0 aliphatic rings. The Balaban J connectivity index is 1.88. The van der Waals surface area contributed by atoms with Gasteiger partial charge >= 0.3 is 0 Å². The van der Waals surface area contributed by atoms with E-state index in [1.54, 1.807) is 17.4 Å². The third-order valence-electron chi connectivity index (χ3n) is 3.30. The van der Waals surface area contributed by atoms with Gasteiger partial charge in [-0.1, -0.05) is 36.2 Å². The lowest BCUT2D eigenvalue weighted by atomic mass is 10.2. The minimum Gasteiger partial charge on any atom is -0.266 e. The highest BCUT2D eigenvalue weighted by molar-refractivity contribution is 9.11. The number of carbonyl (C=O) groups is 1. The summed E-state index contributed by atoms with van der Waals surface area (Å²) >= 11 is 18.8. The number of amides is 1. The average molecular weight is 462 g/mol. The molecular weight excluding hydrogens is 451 g/mol. The van der Waals surface area contributed by atoms with Crippen molar-refractivity contribution in [2.75, 3.05) is 0 Å². The quantitative estimate of drug-likeness (QED) is 0.346. The summed E-state index contributed by atoms with van der Waals surface area (Å²) in [6, 6.07) is 9.40. The Labute approximate surface area is 165 Å². The van der Waals surface area contributed by atoms with Crippen LogP contribution < -0.4 is 5.43 Å². The maximum atomic E-state index is 12.5. The second-order valence-corrected chi connectivity index (χ2v) is 9.12. The van der Waals surface area contributed by atoms with E-state index in [-0.39, 0.29) is 5.91 Å². The number of carbonyl (C=O) groups excluding carboxylic acids is 1. The Hall–Kier alpha value is -0.920. The predicted molar refractivity (Wildman–Crippen MR) is 108 cm³/mol. The highest BCUT2D eigenvalue weighted by atomic mass is 79.9. The summed E-state index contributed by atoms with van der Waals surface area (Å²) in [6.07, 6.45) is 0.708. The SMILES string of the molecule is CC/C(=N/NC(=O)c1sc2cccc(Cl)c2c1Cl)c1ccc(Br)s1. The third-order valence-corrected chi connectivity index (χ3v) is 6.93. The molecule has 0 bridgehead atoms. The van der Waals surface area contributed by atoms with Crippen LogP contribution in [0, 0.1) is 0 Å². The van der Waals surface area contributed by atoms with Crippen molar-refractivity contribution in [1.82, 2.24) is 5.43 Å². The van der Waals surface area contributed by atoms with Crippen LogP contribution in [0.3, 0.4) is 0 Å². The summed E-state index contributed by atoms with van der Waals surface area (Å²) in [5.41, 5.74) is 3.42. The van der Waals surface area contributed by atoms with Gasteiger partial charge in [-0.25, -0.2) is 5.43 Å². The first-order chi connectivity index (χ1) is 11.5. The van der Waals surface area contributed by atoms with Crippen LogP contribution >= 0.6 is 61.8 Å². The molecule has 0 spiro atoms. The molecule has 3 rings (SSSR count). The fourth-order valence-corrected chi connectivity index (χ4v) is 5.45. The van der Waals surface area contributed by atoms with E-state index < -0.39 is 0 Å². The Morgan fingerprint density at radius 2 is 2.04 bits per heavy atom. The molecule has 2 aromatic heterocycles. The summed E-state index contributed by atoms with van der Waals surface area (Å²) in [4.78, 5) is 13.9. The Bertz CT molecular complexity index is 949. The summed E-state index contributed by atoms with van der Waals surface area (Å²) in [5.74, 6) is -0.334. The van der Waals surface area contributed by atoms with Crippen LogP contribution in [-0.2, 0) is 0 Å². The zero-order valence-corrected chi connectivity index (χ0v) is 17.1. The van der Waals surface area contributed by atoms with Crippen LogP contribution in [0.4, 0.5) is 0 Å². The van der Waals surface area contributed by atoms with Gasteiger partial charge in [0.15, 0.2) is 0 Å². The molecule has 1 aromatic carbocycles. The maximum Gasteiger partial charge on any atom is 0.283 e. The third kappa shape index (κ3) is 3.53. The van der Waals surface area contributed by atoms with E-state index >= 15 is 0 Å². The molecule has 0 unspecified atom stereocenters. The van der Waals surface area contributed by atoms with E-state index in [9.17, 15) is 4.79 Å². The Kier molecular flexibility index (Phi) is 5.62. The van der Waals surface area contributed by atoms with Crippen molar-refractivity contribution in [3.63, 3.8) is 0 Å². The average Bonchev–Trinajstić information content (AvgIpc) is 3.13. The first kappa shape index (κ1) is 17.9. The maximum absolute atomic E-state index is 12.5. The van der Waals surface area contributed by atoms with Gasteiger partial charge in [-0.3, -0.25) is 4.79 Å². The molecular formula is C16H11BrCl2N2OS2. The molecule has 0 fully saturated rings. The topological polar surface area (TPSA) is 41.5 Å². The minimum atomic E-state index is -0.334. The zero-order chi connectivity index (χ0) is 17.3. The van der Waals surface area contributed by atoms with Crippen LogP contribution in [0.1, 0.15) is 27.9 Å². The fraction of sp³-hybridized carbons (Fsp3) is 0.125. The van der Waals surface area contributed by atoms with Crippen LogP contribution in [0.15, 0.2) is 39.2 Å². The Morgan fingerprint density at radius 1 is 1.25 bits per heavy atom. The van der Waals surface area contributed by atoms with E-state index in [0.717, 1.165) is 19.1 Å². The standard InChI is InChI=1S/C16H11BrCl2N2OS2/c1-2-9(10-6-7-12(17)23-10)20-21-16(22)15-14(19)13-8(18)4-3-5-11(13)24-15/h3-7H,2H2,1H3,(H,21,22)/b20-9-. The second kappa shape index (κ2) is 7.54. The first-order valence-corrected chi connectivity index (χ1v) is 10.2. The lowest BCUT2D eigenvalue weighted by molar-refractivity contribution is 0.0959. The van der Waals surface area contributed by atoms with Gasteiger partial charge in [0.25, 0.3) is 5.91 Å². The van der Waals surface area contributed by atoms with E-state index in [2.05, 4.69) is 26.5 Å². The fourth-order valence-electron chi connectivity index (χ4n) is 2.16. The molecule has 0 aliphatic heterocycles. The molecule has 8 heteroatoms. The molecule has 3 aromatic rings. The van der Waals surface area contributed by atoms with Gasteiger partial charge in [-0.15, -0.1) is 22.7 Å². The number of thiophene rings is 2. The van der Waals surface area contributed by atoms with Gasteiger partial charge < -0.3 is 0 Å². The van der Waals surface area contributed by atoms with Gasteiger partial charge in [-0.05, 0) is 46.6 Å². The summed E-state index contributed by atoms with van der Waals surface area (Å²) in [7, 11) is 0. The van der Waals surface area contributed by atoms with Gasteiger partial charge in [0, 0.05) is 10.1 Å². The summed E-state index contributed by atoms with van der Waals surface area (Å²) in [6.45, 7) is 1.99. The van der Waals surface area contributed by atoms with Crippen LogP contribution in [0.2, 0.25) is 10.0 Å². The van der Waals surface area contributed by atoms with Crippen molar-refractivity contribution in [2.45, 2.75) is 13.3 Å². The molecule has 0 saturated carbocycles. The zero-order valence-electron chi connectivity index (χ0n) is 12.4. The smallest absolute Gasteiger partial charge is 0.266 e. The lowest BCUT2D eigenvalue weighted by Crippen LogP contribution is -2.19. The van der Waals surface area contributed by atoms with Crippen LogP contribution in [0.25, 0.3) is 10.1 Å². The van der Waals surface area contributed by atoms with Crippen molar-refractivity contribution in [2.24, 2.45) is 5.10 Å². The highest BCUT2D eigenvalue weighted by Crippen LogP contribution is 2.39. The number of hydrazone groups is 1. The number of rotatable bonds is 4. The van der Waals surface area contributed by atoms with Crippen molar-refractivity contribution in [3.05, 3.63) is 53.9 Å². The lowest BCUT2D eigenvalue weighted by Gasteiger charge is -2.02. The second-order valence-electron chi connectivity index (χ2n) is 4.81. The number of nitrogens with one attached hydrogen (secondary N) is 1. The summed E-state index contributed by atoms with van der Waals surface area (Å²) < 4.78 is 1.90. The van der Waals surface area contributed by atoms with Crippen molar-refractivity contribution in [3.8, 4) is 0 Å². The Morgan fingerprint density at radius 3 is 2.67 bits per heavy atom. The predicted octanol–water partition coefficient (Wildman–Crippen LogP) is 6.58. The largest absolute Gasteiger partial charge is 0.283 e. The van der Waals surface area contributed by atoms with Gasteiger partial charge in [0.05, 0.1) is 24.4 Å². The number of benzene rings is 1. The molecule has 0 radical (unpaired) electrons. The molecule has 24 heavy (non-hydrogen) atoms. The number of hydrogen-bond acceptors (Lipinski definition) is 4. The molecule has 124 valence electrons. The van der Waals surface area contributed by atoms with E-state index in [1.165, 1.54) is 11.3 Å². The minimum absolute atomic E-state index is 0.334. The summed E-state index contributed by atoms with van der Waals surface area (Å²) in [5, 5.41) is 5.87. The van der Waals surface area contributed by atoms with E-state index in [1.807, 2.05) is 31.2 Å².